The molecule has 0 spiro atoms. The van der Waals surface area contributed by atoms with Gasteiger partial charge >= 0.3 is 5.97 Å². The van der Waals surface area contributed by atoms with Crippen molar-refractivity contribution in [3.63, 3.8) is 0 Å². The van der Waals surface area contributed by atoms with Gasteiger partial charge in [-0.2, -0.15) is 0 Å². The molecule has 2 rings (SSSR count). The summed E-state index contributed by atoms with van der Waals surface area (Å²) < 4.78 is 10.4. The number of carbonyl (C=O) groups excluding carboxylic acids is 2. The first-order valence-electron chi connectivity index (χ1n) is 7.60. The molecular formula is C18H20N2O4. The molecular weight excluding hydrogens is 308 g/mol. The first kappa shape index (κ1) is 17.3. The molecule has 2 aromatic rings. The van der Waals surface area contributed by atoms with Crippen molar-refractivity contribution in [2.75, 3.05) is 30.9 Å². The van der Waals surface area contributed by atoms with Gasteiger partial charge < -0.3 is 20.1 Å². The van der Waals surface area contributed by atoms with E-state index in [-0.39, 0.29) is 6.61 Å². The van der Waals surface area contributed by atoms with E-state index in [1.165, 1.54) is 0 Å². The molecule has 24 heavy (non-hydrogen) atoms. The maximum absolute atomic E-state index is 12.0. The van der Waals surface area contributed by atoms with Gasteiger partial charge in [0.05, 0.1) is 12.2 Å². The third kappa shape index (κ3) is 4.74. The number of carbonyl (C=O) groups is 2. The third-order valence-electron chi connectivity index (χ3n) is 3.20. The van der Waals surface area contributed by atoms with Crippen LogP contribution in [0.5, 0.6) is 5.75 Å². The van der Waals surface area contributed by atoms with E-state index < -0.39 is 11.9 Å². The Labute approximate surface area is 140 Å². The maximum Gasteiger partial charge on any atom is 0.340 e. The van der Waals surface area contributed by atoms with Gasteiger partial charge in [-0.05, 0) is 43.3 Å². The molecule has 6 nitrogen and oxygen atoms in total. The van der Waals surface area contributed by atoms with Crippen molar-refractivity contribution in [2.24, 2.45) is 0 Å². The Morgan fingerprint density at radius 3 is 2.42 bits per heavy atom. The highest BCUT2D eigenvalue weighted by Gasteiger charge is 2.13. The monoisotopic (exact) mass is 328 g/mol. The van der Waals surface area contributed by atoms with Crippen molar-refractivity contribution in [1.29, 1.82) is 0 Å². The zero-order valence-corrected chi connectivity index (χ0v) is 13.7. The fourth-order valence-corrected chi connectivity index (χ4v) is 2.09. The topological polar surface area (TPSA) is 76.7 Å². The smallest absolute Gasteiger partial charge is 0.340 e. The molecule has 0 aromatic heterocycles. The Kier molecular flexibility index (Phi) is 6.19. The van der Waals surface area contributed by atoms with E-state index in [9.17, 15) is 9.59 Å². The van der Waals surface area contributed by atoms with Gasteiger partial charge in [0.15, 0.2) is 6.61 Å². The quantitative estimate of drug-likeness (QED) is 0.764. The fraction of sp³-hybridized carbons (Fsp3) is 0.222. The first-order valence-corrected chi connectivity index (χ1v) is 7.60. The van der Waals surface area contributed by atoms with Crippen LogP contribution in [0.15, 0.2) is 48.5 Å². The summed E-state index contributed by atoms with van der Waals surface area (Å²) in [6.45, 7) is 2.12. The largest absolute Gasteiger partial charge is 0.494 e. The lowest BCUT2D eigenvalue weighted by Gasteiger charge is -2.10. The molecule has 2 aromatic carbocycles. The molecule has 0 saturated heterocycles. The van der Waals surface area contributed by atoms with Crippen LogP contribution in [0, 0.1) is 0 Å². The summed E-state index contributed by atoms with van der Waals surface area (Å²) in [5.74, 6) is -0.234. The van der Waals surface area contributed by atoms with E-state index in [1.807, 2.05) is 6.92 Å². The van der Waals surface area contributed by atoms with Gasteiger partial charge in [0.1, 0.15) is 5.75 Å². The standard InChI is InChI=1S/C18H20N2O4/c1-3-23-14-10-8-13(9-11-14)20-17(21)12-24-18(22)15-6-4-5-7-16(15)19-2/h4-11,19H,3,12H2,1-2H3,(H,20,21). The lowest BCUT2D eigenvalue weighted by atomic mass is 10.2. The molecule has 0 atom stereocenters. The van der Waals surface area contributed by atoms with Crippen LogP contribution in [0.2, 0.25) is 0 Å². The van der Waals surface area contributed by atoms with Crippen LogP contribution in [0.3, 0.4) is 0 Å². The molecule has 0 aliphatic carbocycles. The van der Waals surface area contributed by atoms with E-state index in [0.717, 1.165) is 5.75 Å². The molecule has 0 aliphatic heterocycles. The van der Waals surface area contributed by atoms with Crippen LogP contribution in [-0.2, 0) is 9.53 Å². The summed E-state index contributed by atoms with van der Waals surface area (Å²) >= 11 is 0. The van der Waals surface area contributed by atoms with Crippen molar-refractivity contribution >= 4 is 23.3 Å². The number of anilines is 2. The molecule has 1 amide bonds. The number of rotatable bonds is 7. The number of benzene rings is 2. The highest BCUT2D eigenvalue weighted by atomic mass is 16.5. The van der Waals surface area contributed by atoms with Gasteiger partial charge in [-0.15, -0.1) is 0 Å². The van der Waals surface area contributed by atoms with Crippen molar-refractivity contribution < 1.29 is 19.1 Å². The second kappa shape index (κ2) is 8.57. The zero-order chi connectivity index (χ0) is 17.4. The fourth-order valence-electron chi connectivity index (χ4n) is 2.09. The van der Waals surface area contributed by atoms with E-state index in [0.29, 0.717) is 23.5 Å². The molecule has 0 saturated carbocycles. The summed E-state index contributed by atoms with van der Waals surface area (Å²) in [4.78, 5) is 23.9. The Bertz CT molecular complexity index is 698. The van der Waals surface area contributed by atoms with Crippen LogP contribution in [0.1, 0.15) is 17.3 Å². The Morgan fingerprint density at radius 1 is 1.04 bits per heavy atom. The minimum Gasteiger partial charge on any atom is -0.494 e. The molecule has 0 heterocycles. The molecule has 0 aliphatic rings. The van der Waals surface area contributed by atoms with Gasteiger partial charge in [-0.25, -0.2) is 4.79 Å². The van der Waals surface area contributed by atoms with Crippen molar-refractivity contribution in [3.05, 3.63) is 54.1 Å². The van der Waals surface area contributed by atoms with Crippen molar-refractivity contribution in [3.8, 4) is 5.75 Å². The van der Waals surface area contributed by atoms with Crippen molar-refractivity contribution in [2.45, 2.75) is 6.92 Å². The molecule has 0 bridgehead atoms. The van der Waals surface area contributed by atoms with E-state index >= 15 is 0 Å². The lowest BCUT2D eigenvalue weighted by Crippen LogP contribution is -2.21. The van der Waals surface area contributed by atoms with Crippen LogP contribution in [0.4, 0.5) is 11.4 Å². The number of hydrogen-bond donors (Lipinski definition) is 2. The summed E-state index contributed by atoms with van der Waals surface area (Å²) in [7, 11) is 1.71. The molecule has 6 heteroatoms. The van der Waals surface area contributed by atoms with Crippen LogP contribution < -0.4 is 15.4 Å². The maximum atomic E-state index is 12.0. The number of para-hydroxylation sites is 1. The van der Waals surface area contributed by atoms with Crippen molar-refractivity contribution in [1.82, 2.24) is 0 Å². The summed E-state index contributed by atoms with van der Waals surface area (Å²) in [6, 6.07) is 13.9. The van der Waals surface area contributed by atoms with Gasteiger partial charge in [-0.1, -0.05) is 12.1 Å². The zero-order valence-electron chi connectivity index (χ0n) is 13.7. The van der Waals surface area contributed by atoms with E-state index in [1.54, 1.807) is 55.6 Å². The molecule has 0 radical (unpaired) electrons. The van der Waals surface area contributed by atoms with Gasteiger partial charge in [0.25, 0.3) is 5.91 Å². The Morgan fingerprint density at radius 2 is 1.75 bits per heavy atom. The Hall–Kier alpha value is -3.02. The SMILES string of the molecule is CCOc1ccc(NC(=O)COC(=O)c2ccccc2NC)cc1. The number of hydrogen-bond acceptors (Lipinski definition) is 5. The average molecular weight is 328 g/mol. The van der Waals surface area contributed by atoms with Crippen LogP contribution in [0.25, 0.3) is 0 Å². The van der Waals surface area contributed by atoms with E-state index in [4.69, 9.17) is 9.47 Å². The summed E-state index contributed by atoms with van der Waals surface area (Å²) in [5, 5.41) is 5.57. The average Bonchev–Trinajstić information content (AvgIpc) is 2.61. The molecule has 0 fully saturated rings. The summed E-state index contributed by atoms with van der Waals surface area (Å²) in [6.07, 6.45) is 0. The minimum atomic E-state index is -0.554. The highest BCUT2D eigenvalue weighted by Crippen LogP contribution is 2.16. The lowest BCUT2D eigenvalue weighted by molar-refractivity contribution is -0.119. The number of ether oxygens (including phenoxy) is 2. The molecule has 126 valence electrons. The predicted octanol–water partition coefficient (Wildman–Crippen LogP) is 2.92. The van der Waals surface area contributed by atoms with Crippen LogP contribution >= 0.6 is 0 Å². The van der Waals surface area contributed by atoms with E-state index in [2.05, 4.69) is 10.6 Å². The molecule has 2 N–H and O–H groups in total. The second-order valence-corrected chi connectivity index (χ2v) is 4.88. The van der Waals surface area contributed by atoms with Crippen LogP contribution in [-0.4, -0.2) is 32.1 Å². The van der Waals surface area contributed by atoms with Gasteiger partial charge in [0, 0.05) is 18.4 Å². The number of nitrogens with one attached hydrogen (secondary N) is 2. The summed E-state index contributed by atoms with van der Waals surface area (Å²) in [5.41, 5.74) is 1.64. The van der Waals surface area contributed by atoms with Gasteiger partial charge in [-0.3, -0.25) is 4.79 Å². The number of amides is 1. The third-order valence-corrected chi connectivity index (χ3v) is 3.20. The second-order valence-electron chi connectivity index (χ2n) is 4.88. The highest BCUT2D eigenvalue weighted by molar-refractivity contribution is 5.98. The molecule has 0 unspecified atom stereocenters. The van der Waals surface area contributed by atoms with Gasteiger partial charge in [0.2, 0.25) is 0 Å². The first-order chi connectivity index (χ1) is 11.6. The number of esters is 1. The normalized spacial score (nSPS) is 9.92. The minimum absolute atomic E-state index is 0.357. The Balaban J connectivity index is 1.87. The predicted molar refractivity (Wildman–Crippen MR) is 92.5 cm³/mol.